The summed E-state index contributed by atoms with van der Waals surface area (Å²) in [6.45, 7) is 5.51. The van der Waals surface area contributed by atoms with Gasteiger partial charge in [-0.3, -0.25) is 4.90 Å². The highest BCUT2D eigenvalue weighted by Gasteiger charge is 2.44. The first-order valence-corrected chi connectivity index (χ1v) is 8.74. The Hall–Kier alpha value is -0.120. The van der Waals surface area contributed by atoms with E-state index in [0.717, 1.165) is 12.5 Å². The number of hydrogen-bond donors (Lipinski definition) is 1. The van der Waals surface area contributed by atoms with Crippen LogP contribution in [0.2, 0.25) is 0 Å². The first kappa shape index (κ1) is 16.3. The van der Waals surface area contributed by atoms with Crippen molar-refractivity contribution < 1.29 is 4.74 Å². The molecule has 2 fully saturated rings. The fourth-order valence-electron chi connectivity index (χ4n) is 4.56. The molecule has 3 atom stereocenters. The summed E-state index contributed by atoms with van der Waals surface area (Å²) in [6.07, 6.45) is 12.2. The van der Waals surface area contributed by atoms with Crippen LogP contribution in [0.25, 0.3) is 0 Å². The molecular weight excluding hydrogens is 248 g/mol. The first-order valence-electron chi connectivity index (χ1n) is 8.74. The Morgan fingerprint density at radius 3 is 2.70 bits per heavy atom. The molecule has 0 aromatic heterocycles. The van der Waals surface area contributed by atoms with Gasteiger partial charge in [-0.15, -0.1) is 0 Å². The number of nitrogens with two attached hydrogens (primary N) is 1. The van der Waals surface area contributed by atoms with Gasteiger partial charge in [0.1, 0.15) is 0 Å². The van der Waals surface area contributed by atoms with Crippen molar-refractivity contribution in [3.63, 3.8) is 0 Å². The van der Waals surface area contributed by atoms with Crippen molar-refractivity contribution in [2.75, 3.05) is 26.7 Å². The van der Waals surface area contributed by atoms with Crippen LogP contribution in [-0.4, -0.2) is 43.3 Å². The summed E-state index contributed by atoms with van der Waals surface area (Å²) in [5, 5.41) is 0. The van der Waals surface area contributed by atoms with Crippen molar-refractivity contribution in [1.29, 1.82) is 0 Å². The molecule has 2 N–H and O–H groups in total. The molecule has 0 bridgehead atoms. The second-order valence-electron chi connectivity index (χ2n) is 6.85. The highest BCUT2D eigenvalue weighted by molar-refractivity contribution is 5.01. The van der Waals surface area contributed by atoms with Crippen LogP contribution >= 0.6 is 0 Å². The summed E-state index contributed by atoms with van der Waals surface area (Å²) in [5.74, 6) is 0.935. The van der Waals surface area contributed by atoms with Gasteiger partial charge in [-0.05, 0) is 51.1 Å². The second kappa shape index (κ2) is 7.77. The van der Waals surface area contributed by atoms with Crippen LogP contribution in [0.1, 0.15) is 64.7 Å². The van der Waals surface area contributed by atoms with E-state index in [4.69, 9.17) is 10.5 Å². The predicted octanol–water partition coefficient (Wildman–Crippen LogP) is 3.18. The molecule has 1 saturated carbocycles. The van der Waals surface area contributed by atoms with Crippen LogP contribution in [-0.2, 0) is 4.74 Å². The Balaban J connectivity index is 2.06. The number of nitrogens with zero attached hydrogens (tertiary/aromatic N) is 1. The lowest BCUT2D eigenvalue weighted by atomic mass is 9.77. The molecule has 1 aliphatic heterocycles. The summed E-state index contributed by atoms with van der Waals surface area (Å²) in [6, 6.07) is 0. The highest BCUT2D eigenvalue weighted by atomic mass is 16.5. The van der Waals surface area contributed by atoms with Crippen LogP contribution in [0.15, 0.2) is 0 Å². The van der Waals surface area contributed by atoms with Crippen LogP contribution in [0.4, 0.5) is 0 Å². The van der Waals surface area contributed by atoms with Crippen LogP contribution < -0.4 is 5.73 Å². The maximum atomic E-state index is 6.26. The fourth-order valence-corrected chi connectivity index (χ4v) is 4.56. The van der Waals surface area contributed by atoms with E-state index in [1.54, 1.807) is 0 Å². The monoisotopic (exact) mass is 282 g/mol. The molecule has 2 aliphatic rings. The maximum Gasteiger partial charge on any atom is 0.0767 e. The summed E-state index contributed by atoms with van der Waals surface area (Å²) < 4.78 is 5.84. The van der Waals surface area contributed by atoms with Crippen molar-refractivity contribution in [2.45, 2.75) is 76.4 Å². The Morgan fingerprint density at radius 1 is 1.15 bits per heavy atom. The summed E-state index contributed by atoms with van der Waals surface area (Å²) in [7, 11) is 1.87. The van der Waals surface area contributed by atoms with Gasteiger partial charge < -0.3 is 10.5 Å². The zero-order valence-corrected chi connectivity index (χ0v) is 13.6. The normalized spacial score (nSPS) is 36.8. The average Bonchev–Trinajstić information content (AvgIpc) is 2.73. The third kappa shape index (κ3) is 3.37. The first-order chi connectivity index (χ1) is 9.76. The zero-order valence-electron chi connectivity index (χ0n) is 13.6. The molecule has 0 spiro atoms. The molecule has 0 aromatic rings. The number of rotatable bonds is 5. The van der Waals surface area contributed by atoms with Crippen molar-refractivity contribution in [2.24, 2.45) is 11.7 Å². The van der Waals surface area contributed by atoms with Crippen molar-refractivity contribution >= 4 is 0 Å². The molecular formula is C17H34N2O. The molecule has 1 aliphatic carbocycles. The van der Waals surface area contributed by atoms with Gasteiger partial charge in [0.2, 0.25) is 0 Å². The Morgan fingerprint density at radius 2 is 2.00 bits per heavy atom. The van der Waals surface area contributed by atoms with Crippen molar-refractivity contribution in [1.82, 2.24) is 4.90 Å². The van der Waals surface area contributed by atoms with Gasteiger partial charge in [-0.25, -0.2) is 0 Å². The van der Waals surface area contributed by atoms with E-state index in [1.807, 2.05) is 7.11 Å². The quantitative estimate of drug-likeness (QED) is 0.841. The number of methoxy groups -OCH3 is 1. The largest absolute Gasteiger partial charge is 0.379 e. The lowest BCUT2D eigenvalue weighted by Crippen LogP contribution is -2.63. The molecule has 0 aromatic carbocycles. The average molecular weight is 282 g/mol. The smallest absolute Gasteiger partial charge is 0.0767 e. The molecule has 20 heavy (non-hydrogen) atoms. The minimum atomic E-state index is 0.119. The predicted molar refractivity (Wildman–Crippen MR) is 84.9 cm³/mol. The highest BCUT2D eigenvalue weighted by Crippen LogP contribution is 2.37. The summed E-state index contributed by atoms with van der Waals surface area (Å²) in [5.41, 5.74) is 6.38. The fraction of sp³-hybridized carbons (Fsp3) is 1.00. The van der Waals surface area contributed by atoms with E-state index in [9.17, 15) is 0 Å². The van der Waals surface area contributed by atoms with Gasteiger partial charge in [-0.1, -0.05) is 32.6 Å². The van der Waals surface area contributed by atoms with Crippen LogP contribution in [0.3, 0.4) is 0 Å². The molecule has 3 heteroatoms. The molecule has 3 nitrogen and oxygen atoms in total. The SMILES string of the molecule is CCCC1CCCN(C2(CN)CCCCC2OC)CC1. The number of hydrogen-bond acceptors (Lipinski definition) is 3. The van der Waals surface area contributed by atoms with E-state index in [-0.39, 0.29) is 5.54 Å². The van der Waals surface area contributed by atoms with Crippen molar-refractivity contribution in [3.8, 4) is 0 Å². The molecule has 3 unspecified atom stereocenters. The minimum Gasteiger partial charge on any atom is -0.379 e. The molecule has 118 valence electrons. The molecule has 0 radical (unpaired) electrons. The lowest BCUT2D eigenvalue weighted by Gasteiger charge is -2.50. The van der Waals surface area contributed by atoms with Crippen molar-refractivity contribution in [3.05, 3.63) is 0 Å². The van der Waals surface area contributed by atoms with E-state index < -0.39 is 0 Å². The van der Waals surface area contributed by atoms with E-state index in [1.165, 1.54) is 70.9 Å². The minimum absolute atomic E-state index is 0.119. The second-order valence-corrected chi connectivity index (χ2v) is 6.85. The summed E-state index contributed by atoms with van der Waals surface area (Å²) >= 11 is 0. The number of ether oxygens (including phenoxy) is 1. The standard InChI is InChI=1S/C17H34N2O/c1-3-7-15-8-6-12-19(13-10-15)17(14-18)11-5-4-9-16(17)20-2/h15-16H,3-14,18H2,1-2H3. The Labute approximate surface area is 125 Å². The maximum absolute atomic E-state index is 6.26. The Kier molecular flexibility index (Phi) is 6.31. The van der Waals surface area contributed by atoms with Gasteiger partial charge in [0.25, 0.3) is 0 Å². The molecule has 1 saturated heterocycles. The van der Waals surface area contributed by atoms with E-state index in [2.05, 4.69) is 11.8 Å². The third-order valence-corrected chi connectivity index (χ3v) is 5.74. The van der Waals surface area contributed by atoms with Gasteiger partial charge in [0, 0.05) is 13.7 Å². The van der Waals surface area contributed by atoms with Crippen LogP contribution in [0, 0.1) is 5.92 Å². The van der Waals surface area contributed by atoms with E-state index >= 15 is 0 Å². The zero-order chi connectivity index (χ0) is 14.4. The molecule has 2 rings (SSSR count). The third-order valence-electron chi connectivity index (χ3n) is 5.74. The molecule has 1 heterocycles. The topological polar surface area (TPSA) is 38.5 Å². The lowest BCUT2D eigenvalue weighted by molar-refractivity contribution is -0.0747. The van der Waals surface area contributed by atoms with Crippen LogP contribution in [0.5, 0.6) is 0 Å². The Bertz CT molecular complexity index is 284. The van der Waals surface area contributed by atoms with Gasteiger partial charge in [0.15, 0.2) is 0 Å². The van der Waals surface area contributed by atoms with Gasteiger partial charge in [-0.2, -0.15) is 0 Å². The van der Waals surface area contributed by atoms with E-state index in [0.29, 0.717) is 6.10 Å². The number of likely N-dealkylation sites (tertiary alicyclic amines) is 1. The van der Waals surface area contributed by atoms with Gasteiger partial charge in [0.05, 0.1) is 11.6 Å². The van der Waals surface area contributed by atoms with Gasteiger partial charge >= 0.3 is 0 Å². The summed E-state index contributed by atoms with van der Waals surface area (Å²) in [4.78, 5) is 2.70. The molecule has 0 amide bonds.